The van der Waals surface area contributed by atoms with E-state index in [0.717, 1.165) is 11.4 Å². The quantitative estimate of drug-likeness (QED) is 0.515. The summed E-state index contributed by atoms with van der Waals surface area (Å²) in [6, 6.07) is 9.98. The van der Waals surface area contributed by atoms with Gasteiger partial charge in [0.25, 0.3) is 11.6 Å². The molecule has 0 atom stereocenters. The average Bonchev–Trinajstić information content (AvgIpc) is 2.99. The molecule has 0 aliphatic carbocycles. The molecule has 0 bridgehead atoms. The topological polar surface area (TPSA) is 102 Å². The maximum absolute atomic E-state index is 14.6. The van der Waals surface area contributed by atoms with E-state index >= 15 is 0 Å². The summed E-state index contributed by atoms with van der Waals surface area (Å²) in [7, 11) is 1.60. The van der Waals surface area contributed by atoms with Gasteiger partial charge in [0.2, 0.25) is 0 Å². The fourth-order valence-corrected chi connectivity index (χ4v) is 2.88. The minimum absolute atomic E-state index is 0.0831. The number of hydrogen-bond donors (Lipinski definition) is 2. The minimum atomic E-state index is -0.591. The Labute approximate surface area is 160 Å². The standard InChI is InChI=1S/C19H18FN5O3/c1-11-8-12(2)24(23-11)18-7-4-13(9-16(18)20)22-19(26)15-10-14(25(27)28)5-6-17(15)21-3/h4-10,21H,1-3H3,(H,22,26). The average molecular weight is 383 g/mol. The molecule has 0 spiro atoms. The molecule has 8 nitrogen and oxygen atoms in total. The molecule has 1 heterocycles. The number of hydrogen-bond acceptors (Lipinski definition) is 5. The first-order valence-corrected chi connectivity index (χ1v) is 8.41. The normalized spacial score (nSPS) is 10.6. The highest BCUT2D eigenvalue weighted by Gasteiger charge is 2.17. The minimum Gasteiger partial charge on any atom is -0.387 e. The van der Waals surface area contributed by atoms with Crippen LogP contribution in [0.15, 0.2) is 42.5 Å². The fraction of sp³-hybridized carbons (Fsp3) is 0.158. The lowest BCUT2D eigenvalue weighted by atomic mass is 10.1. The Bertz CT molecular complexity index is 1080. The maximum atomic E-state index is 14.6. The van der Waals surface area contributed by atoms with Gasteiger partial charge in [0.05, 0.1) is 16.2 Å². The van der Waals surface area contributed by atoms with E-state index in [-0.39, 0.29) is 22.6 Å². The van der Waals surface area contributed by atoms with Gasteiger partial charge in [0, 0.05) is 36.2 Å². The van der Waals surface area contributed by atoms with Gasteiger partial charge < -0.3 is 10.6 Å². The smallest absolute Gasteiger partial charge is 0.270 e. The van der Waals surface area contributed by atoms with Crippen molar-refractivity contribution in [1.29, 1.82) is 0 Å². The highest BCUT2D eigenvalue weighted by atomic mass is 19.1. The summed E-state index contributed by atoms with van der Waals surface area (Å²) >= 11 is 0. The molecule has 2 N–H and O–H groups in total. The Hall–Kier alpha value is -3.75. The van der Waals surface area contributed by atoms with E-state index in [1.807, 2.05) is 19.9 Å². The van der Waals surface area contributed by atoms with Gasteiger partial charge in [-0.3, -0.25) is 14.9 Å². The number of carbonyl (C=O) groups is 1. The number of nitrogens with zero attached hydrogens (tertiary/aromatic N) is 3. The first-order valence-electron chi connectivity index (χ1n) is 8.41. The molecule has 3 rings (SSSR count). The van der Waals surface area contributed by atoms with E-state index in [4.69, 9.17) is 0 Å². The van der Waals surface area contributed by atoms with Crippen LogP contribution in [0.25, 0.3) is 5.69 Å². The molecule has 144 valence electrons. The second-order valence-corrected chi connectivity index (χ2v) is 6.20. The van der Waals surface area contributed by atoms with Crippen LogP contribution in [0.2, 0.25) is 0 Å². The fourth-order valence-electron chi connectivity index (χ4n) is 2.88. The number of amides is 1. The number of nitro groups is 1. The Morgan fingerprint density at radius 3 is 2.50 bits per heavy atom. The van der Waals surface area contributed by atoms with Crippen molar-refractivity contribution < 1.29 is 14.1 Å². The third-order valence-electron chi connectivity index (χ3n) is 4.17. The number of aromatic nitrogens is 2. The Morgan fingerprint density at radius 2 is 1.93 bits per heavy atom. The van der Waals surface area contributed by atoms with Crippen LogP contribution in [-0.2, 0) is 0 Å². The zero-order chi connectivity index (χ0) is 20.4. The Kier molecular flexibility index (Phi) is 5.08. The lowest BCUT2D eigenvalue weighted by Crippen LogP contribution is -2.15. The second-order valence-electron chi connectivity index (χ2n) is 6.20. The van der Waals surface area contributed by atoms with Crippen LogP contribution in [0.3, 0.4) is 0 Å². The summed E-state index contributed by atoms with van der Waals surface area (Å²) < 4.78 is 16.1. The number of nitrogens with one attached hydrogen (secondary N) is 2. The molecular weight excluding hydrogens is 365 g/mol. The van der Waals surface area contributed by atoms with Gasteiger partial charge in [-0.25, -0.2) is 9.07 Å². The predicted molar refractivity (Wildman–Crippen MR) is 104 cm³/mol. The third-order valence-corrected chi connectivity index (χ3v) is 4.17. The molecule has 1 aromatic heterocycles. The van der Waals surface area contributed by atoms with Gasteiger partial charge >= 0.3 is 0 Å². The zero-order valence-corrected chi connectivity index (χ0v) is 15.5. The Morgan fingerprint density at radius 1 is 1.18 bits per heavy atom. The number of rotatable bonds is 5. The molecule has 0 aliphatic rings. The monoisotopic (exact) mass is 383 g/mol. The van der Waals surface area contributed by atoms with Crippen LogP contribution in [0, 0.1) is 29.8 Å². The number of benzene rings is 2. The van der Waals surface area contributed by atoms with Gasteiger partial charge in [-0.1, -0.05) is 0 Å². The molecule has 0 saturated heterocycles. The summed E-state index contributed by atoms with van der Waals surface area (Å²) in [5.74, 6) is -1.15. The molecule has 3 aromatic rings. The maximum Gasteiger partial charge on any atom is 0.270 e. The highest BCUT2D eigenvalue weighted by molar-refractivity contribution is 6.08. The molecule has 1 amide bonds. The molecule has 28 heavy (non-hydrogen) atoms. The molecule has 9 heteroatoms. The van der Waals surface area contributed by atoms with E-state index in [0.29, 0.717) is 5.69 Å². The van der Waals surface area contributed by atoms with Crippen LogP contribution < -0.4 is 10.6 Å². The summed E-state index contributed by atoms with van der Waals surface area (Å²) in [5, 5.41) is 20.6. The van der Waals surface area contributed by atoms with Crippen LogP contribution in [0.4, 0.5) is 21.5 Å². The third kappa shape index (κ3) is 3.68. The number of carbonyl (C=O) groups excluding carboxylic acids is 1. The van der Waals surface area contributed by atoms with Crippen LogP contribution in [0.1, 0.15) is 21.7 Å². The zero-order valence-electron chi connectivity index (χ0n) is 15.5. The number of anilines is 2. The van der Waals surface area contributed by atoms with Gasteiger partial charge in [-0.05, 0) is 44.2 Å². The molecular formula is C19H18FN5O3. The number of non-ortho nitro benzene ring substituents is 1. The first-order chi connectivity index (χ1) is 13.3. The number of halogens is 1. The van der Waals surface area contributed by atoms with Crippen molar-refractivity contribution in [3.8, 4) is 5.69 Å². The summed E-state index contributed by atoms with van der Waals surface area (Å²) in [6.07, 6.45) is 0. The van der Waals surface area contributed by atoms with Crippen molar-refractivity contribution >= 4 is 23.0 Å². The number of nitro benzene ring substituents is 1. The van der Waals surface area contributed by atoms with Crippen LogP contribution in [0.5, 0.6) is 0 Å². The largest absolute Gasteiger partial charge is 0.387 e. The van der Waals surface area contributed by atoms with Crippen molar-refractivity contribution in [3.05, 3.63) is 75.3 Å². The number of aryl methyl sites for hydroxylation is 2. The van der Waals surface area contributed by atoms with Gasteiger partial charge in [-0.2, -0.15) is 5.10 Å². The SMILES string of the molecule is CNc1ccc([N+](=O)[O-])cc1C(=O)Nc1ccc(-n2nc(C)cc2C)c(F)c1. The highest BCUT2D eigenvalue weighted by Crippen LogP contribution is 2.24. The lowest BCUT2D eigenvalue weighted by molar-refractivity contribution is -0.384. The van der Waals surface area contributed by atoms with Gasteiger partial charge in [0.15, 0.2) is 5.82 Å². The molecule has 2 aromatic carbocycles. The van der Waals surface area contributed by atoms with Gasteiger partial charge in [-0.15, -0.1) is 0 Å². The van der Waals surface area contributed by atoms with E-state index in [1.54, 1.807) is 13.1 Å². The molecule has 0 aliphatic heterocycles. The molecule has 0 radical (unpaired) electrons. The predicted octanol–water partition coefficient (Wildman–Crippen LogP) is 3.83. The molecule has 0 fully saturated rings. The second kappa shape index (κ2) is 7.47. The van der Waals surface area contributed by atoms with Crippen LogP contribution >= 0.6 is 0 Å². The molecule has 0 unspecified atom stereocenters. The van der Waals surface area contributed by atoms with Crippen molar-refractivity contribution in [2.24, 2.45) is 0 Å². The molecule has 0 saturated carbocycles. The van der Waals surface area contributed by atoms with E-state index in [9.17, 15) is 19.3 Å². The first kappa shape index (κ1) is 19.0. The van der Waals surface area contributed by atoms with Crippen molar-refractivity contribution in [2.75, 3.05) is 17.7 Å². The summed E-state index contributed by atoms with van der Waals surface area (Å²) in [4.78, 5) is 23.0. The lowest BCUT2D eigenvalue weighted by Gasteiger charge is -2.11. The summed E-state index contributed by atoms with van der Waals surface area (Å²) in [6.45, 7) is 3.63. The van der Waals surface area contributed by atoms with E-state index < -0.39 is 16.6 Å². The van der Waals surface area contributed by atoms with Crippen LogP contribution in [-0.4, -0.2) is 27.7 Å². The van der Waals surface area contributed by atoms with Crippen molar-refractivity contribution in [3.63, 3.8) is 0 Å². The summed E-state index contributed by atoms with van der Waals surface area (Å²) in [5.41, 5.74) is 2.32. The van der Waals surface area contributed by atoms with Gasteiger partial charge in [0.1, 0.15) is 5.69 Å². The van der Waals surface area contributed by atoms with Crippen molar-refractivity contribution in [2.45, 2.75) is 13.8 Å². The van der Waals surface area contributed by atoms with E-state index in [2.05, 4.69) is 15.7 Å². The van der Waals surface area contributed by atoms with E-state index in [1.165, 1.54) is 35.0 Å². The Balaban J connectivity index is 1.89. The van der Waals surface area contributed by atoms with Crippen molar-refractivity contribution in [1.82, 2.24) is 9.78 Å².